The molecule has 0 N–H and O–H groups in total. The summed E-state index contributed by atoms with van der Waals surface area (Å²) in [4.78, 5) is 24.9. The molecule has 2 aliphatic rings. The van der Waals surface area contributed by atoms with Gasteiger partial charge in [-0.25, -0.2) is 8.42 Å². The highest BCUT2D eigenvalue weighted by Gasteiger charge is 2.48. The van der Waals surface area contributed by atoms with Gasteiger partial charge in [0.2, 0.25) is 10.0 Å². The molecule has 0 unspecified atom stereocenters. The molecule has 8 nitrogen and oxygen atoms in total. The van der Waals surface area contributed by atoms with E-state index >= 15 is 0 Å². The minimum absolute atomic E-state index is 0.0378. The molecule has 2 saturated heterocycles. The molecule has 2 aromatic rings. The summed E-state index contributed by atoms with van der Waals surface area (Å²) in [5, 5.41) is 10.8. The zero-order valence-corrected chi connectivity index (χ0v) is 19.7. The van der Waals surface area contributed by atoms with Crippen LogP contribution in [0.3, 0.4) is 0 Å². The lowest BCUT2D eigenvalue weighted by molar-refractivity contribution is -0.384. The van der Waals surface area contributed by atoms with E-state index in [2.05, 4.69) is 15.9 Å². The van der Waals surface area contributed by atoms with Gasteiger partial charge in [-0.05, 0) is 49.2 Å². The van der Waals surface area contributed by atoms with Crippen molar-refractivity contribution in [2.45, 2.75) is 22.6 Å². The number of hydrogen-bond acceptors (Lipinski definition) is 6. The molecular formula is C20H20BrN3O5S2. The molecule has 2 aromatic carbocycles. The normalized spacial score (nSPS) is 18.9. The predicted octanol–water partition coefficient (Wildman–Crippen LogP) is 3.73. The van der Waals surface area contributed by atoms with E-state index in [-0.39, 0.29) is 29.6 Å². The maximum Gasteiger partial charge on any atom is 0.269 e. The lowest BCUT2D eigenvalue weighted by Crippen LogP contribution is -2.53. The number of carbonyl (C=O) groups excluding carboxylic acids is 1. The quantitative estimate of drug-likeness (QED) is 0.445. The fourth-order valence-electron chi connectivity index (χ4n) is 4.02. The van der Waals surface area contributed by atoms with Crippen molar-refractivity contribution in [1.29, 1.82) is 0 Å². The number of halogens is 1. The van der Waals surface area contributed by atoms with E-state index in [0.29, 0.717) is 24.9 Å². The molecule has 164 valence electrons. The molecule has 11 heteroatoms. The van der Waals surface area contributed by atoms with Crippen molar-refractivity contribution in [3.8, 4) is 0 Å². The largest absolute Gasteiger partial charge is 0.323 e. The van der Waals surface area contributed by atoms with Crippen molar-refractivity contribution in [2.24, 2.45) is 0 Å². The van der Waals surface area contributed by atoms with Gasteiger partial charge in [-0.1, -0.05) is 15.9 Å². The van der Waals surface area contributed by atoms with E-state index in [4.69, 9.17) is 0 Å². The average Bonchev–Trinajstić information content (AvgIpc) is 3.17. The summed E-state index contributed by atoms with van der Waals surface area (Å²) in [5.74, 6) is 0.779. The van der Waals surface area contributed by atoms with Crippen LogP contribution in [0.2, 0.25) is 0 Å². The van der Waals surface area contributed by atoms with E-state index in [9.17, 15) is 23.3 Å². The van der Waals surface area contributed by atoms with Crippen LogP contribution in [-0.4, -0.2) is 58.7 Å². The van der Waals surface area contributed by atoms with E-state index in [1.807, 2.05) is 17.0 Å². The Morgan fingerprint density at radius 3 is 2.23 bits per heavy atom. The number of sulfonamides is 1. The Hall–Kier alpha value is -1.95. The predicted molar refractivity (Wildman–Crippen MR) is 121 cm³/mol. The van der Waals surface area contributed by atoms with E-state index < -0.39 is 19.8 Å². The van der Waals surface area contributed by atoms with Gasteiger partial charge in [-0.3, -0.25) is 14.9 Å². The maximum atomic E-state index is 13.1. The molecule has 1 spiro atoms. The van der Waals surface area contributed by atoms with E-state index in [0.717, 1.165) is 10.2 Å². The molecule has 1 amide bonds. The Bertz CT molecular complexity index is 1100. The Labute approximate surface area is 192 Å². The van der Waals surface area contributed by atoms with Gasteiger partial charge in [0.15, 0.2) is 0 Å². The van der Waals surface area contributed by atoms with Gasteiger partial charge in [0.05, 0.1) is 14.7 Å². The lowest BCUT2D eigenvalue weighted by atomic mass is 10.0. The number of amides is 1. The SMILES string of the molecule is O=C(c1ccc(Br)cc1)N1CCSC12CCN(S(=O)(=O)c1ccc([N+](=O)[O-])cc1)CC2. The van der Waals surface area contributed by atoms with Crippen molar-refractivity contribution in [3.63, 3.8) is 0 Å². The zero-order chi connectivity index (χ0) is 22.2. The third kappa shape index (κ3) is 4.23. The van der Waals surface area contributed by atoms with Crippen molar-refractivity contribution >= 4 is 49.3 Å². The molecule has 2 aliphatic heterocycles. The smallest absolute Gasteiger partial charge is 0.269 e. The zero-order valence-electron chi connectivity index (χ0n) is 16.4. The van der Waals surface area contributed by atoms with E-state index in [1.165, 1.54) is 28.6 Å². The summed E-state index contributed by atoms with van der Waals surface area (Å²) in [7, 11) is -3.75. The Balaban J connectivity index is 1.49. The molecule has 31 heavy (non-hydrogen) atoms. The second kappa shape index (κ2) is 8.53. The van der Waals surface area contributed by atoms with Crippen LogP contribution in [0.1, 0.15) is 23.2 Å². The number of nitrogens with zero attached hydrogens (tertiary/aromatic N) is 3. The number of non-ortho nitro benzene ring substituents is 1. The number of rotatable bonds is 4. The maximum absolute atomic E-state index is 13.1. The Morgan fingerprint density at radius 1 is 1.03 bits per heavy atom. The summed E-state index contributed by atoms with van der Waals surface area (Å²) < 4.78 is 28.3. The Kier molecular flexibility index (Phi) is 6.12. The first-order valence-corrected chi connectivity index (χ1v) is 12.9. The lowest BCUT2D eigenvalue weighted by Gasteiger charge is -2.43. The van der Waals surface area contributed by atoms with Crippen molar-refractivity contribution in [2.75, 3.05) is 25.4 Å². The van der Waals surface area contributed by atoms with Crippen molar-refractivity contribution in [1.82, 2.24) is 9.21 Å². The van der Waals surface area contributed by atoms with Crippen molar-refractivity contribution < 1.29 is 18.1 Å². The van der Waals surface area contributed by atoms with Gasteiger partial charge in [0.25, 0.3) is 11.6 Å². The molecule has 0 saturated carbocycles. The van der Waals surface area contributed by atoms with Gasteiger partial charge < -0.3 is 4.90 Å². The molecule has 0 atom stereocenters. The molecular weight excluding hydrogens is 506 g/mol. The van der Waals surface area contributed by atoms with Gasteiger partial charge in [0, 0.05) is 47.6 Å². The second-order valence-electron chi connectivity index (χ2n) is 7.41. The monoisotopic (exact) mass is 525 g/mol. The van der Waals surface area contributed by atoms with Crippen LogP contribution in [-0.2, 0) is 10.0 Å². The first kappa shape index (κ1) is 22.3. The first-order chi connectivity index (χ1) is 14.7. The highest BCUT2D eigenvalue weighted by atomic mass is 79.9. The second-order valence-corrected chi connectivity index (χ2v) is 11.7. The highest BCUT2D eigenvalue weighted by molar-refractivity contribution is 9.10. The third-order valence-corrected chi connectivity index (χ3v) is 9.70. The summed E-state index contributed by atoms with van der Waals surface area (Å²) in [6, 6.07) is 12.2. The van der Waals surface area contributed by atoms with Crippen LogP contribution in [0.25, 0.3) is 0 Å². The fourth-order valence-corrected chi connectivity index (χ4v) is 7.18. The molecule has 4 rings (SSSR count). The number of hydrogen-bond donors (Lipinski definition) is 0. The summed E-state index contributed by atoms with van der Waals surface area (Å²) in [6.07, 6.45) is 1.07. The summed E-state index contributed by atoms with van der Waals surface area (Å²) in [6.45, 7) is 1.21. The number of nitro groups is 1. The summed E-state index contributed by atoms with van der Waals surface area (Å²) in [5.41, 5.74) is 0.465. The number of piperidine rings is 1. The van der Waals surface area contributed by atoms with Gasteiger partial charge >= 0.3 is 0 Å². The van der Waals surface area contributed by atoms with Crippen LogP contribution in [0.4, 0.5) is 5.69 Å². The molecule has 0 radical (unpaired) electrons. The summed E-state index contributed by atoms with van der Waals surface area (Å²) >= 11 is 5.09. The molecule has 0 bridgehead atoms. The van der Waals surface area contributed by atoms with Crippen LogP contribution in [0, 0.1) is 10.1 Å². The molecule has 2 fully saturated rings. The molecule has 0 aliphatic carbocycles. The van der Waals surface area contributed by atoms with Gasteiger partial charge in [-0.15, -0.1) is 11.8 Å². The Morgan fingerprint density at radius 2 is 1.65 bits per heavy atom. The van der Waals surface area contributed by atoms with Crippen LogP contribution in [0.5, 0.6) is 0 Å². The van der Waals surface area contributed by atoms with Crippen LogP contribution >= 0.6 is 27.7 Å². The number of carbonyl (C=O) groups is 1. The average molecular weight is 526 g/mol. The van der Waals surface area contributed by atoms with Gasteiger partial charge in [0.1, 0.15) is 0 Å². The first-order valence-electron chi connectivity index (χ1n) is 9.69. The molecule has 0 aromatic heterocycles. The van der Waals surface area contributed by atoms with Crippen LogP contribution in [0.15, 0.2) is 57.9 Å². The van der Waals surface area contributed by atoms with Gasteiger partial charge in [-0.2, -0.15) is 4.31 Å². The minimum atomic E-state index is -3.75. The number of nitro benzene ring substituents is 1. The van der Waals surface area contributed by atoms with Crippen LogP contribution < -0.4 is 0 Å². The fraction of sp³-hybridized carbons (Fsp3) is 0.350. The highest BCUT2D eigenvalue weighted by Crippen LogP contribution is 2.45. The van der Waals surface area contributed by atoms with E-state index in [1.54, 1.807) is 23.9 Å². The topological polar surface area (TPSA) is 101 Å². The number of thioether (sulfide) groups is 1. The number of benzene rings is 2. The molecule has 2 heterocycles. The third-order valence-electron chi connectivity index (χ3n) is 5.70. The standard InChI is InChI=1S/C20H20BrN3O5S2/c21-16-3-1-15(2-4-16)19(25)23-13-14-30-20(23)9-11-22(12-10-20)31(28,29)18-7-5-17(6-8-18)24(26)27/h1-8H,9-14H2. The minimum Gasteiger partial charge on any atom is -0.323 e. The van der Waals surface area contributed by atoms with Crippen molar-refractivity contribution in [3.05, 3.63) is 68.7 Å².